The highest BCUT2D eigenvalue weighted by Crippen LogP contribution is 2.34. The van der Waals surface area contributed by atoms with E-state index >= 15 is 0 Å². The molecule has 6 aromatic rings. The average molecular weight is 737 g/mol. The normalized spacial score (nSPS) is 13.7. The maximum Gasteiger partial charge on any atom is 0.416 e. The molecular formula is C32H28ClF3N12O4. The van der Waals surface area contributed by atoms with E-state index in [1.165, 1.54) is 22.0 Å². The van der Waals surface area contributed by atoms with Gasteiger partial charge in [-0.25, -0.2) is 15.0 Å². The minimum atomic E-state index is -4.63. The van der Waals surface area contributed by atoms with Crippen LogP contribution in [0.5, 0.6) is 5.75 Å². The van der Waals surface area contributed by atoms with Gasteiger partial charge in [0, 0.05) is 43.3 Å². The number of pyridine rings is 1. The van der Waals surface area contributed by atoms with Crippen LogP contribution in [0.4, 0.5) is 24.5 Å². The first-order valence-electron chi connectivity index (χ1n) is 15.9. The number of hydrogen-bond donors (Lipinski definition) is 3. The van der Waals surface area contributed by atoms with E-state index < -0.39 is 35.7 Å². The Morgan fingerprint density at radius 3 is 2.56 bits per heavy atom. The fourth-order valence-electron chi connectivity index (χ4n) is 6.04. The molecule has 3 N–H and O–H groups in total. The van der Waals surface area contributed by atoms with Crippen LogP contribution >= 0.6 is 11.6 Å². The first-order chi connectivity index (χ1) is 24.8. The van der Waals surface area contributed by atoms with E-state index in [1.807, 2.05) is 0 Å². The lowest BCUT2D eigenvalue weighted by Crippen LogP contribution is -2.51. The summed E-state index contributed by atoms with van der Waals surface area (Å²) in [5.74, 6) is -1.29. The summed E-state index contributed by atoms with van der Waals surface area (Å²) in [5, 5.41) is 24.6. The Bertz CT molecular complexity index is 2440. The van der Waals surface area contributed by atoms with Gasteiger partial charge in [0.05, 0.1) is 33.9 Å². The molecule has 0 spiro atoms. The van der Waals surface area contributed by atoms with Crippen LogP contribution in [0.2, 0.25) is 5.02 Å². The molecule has 0 saturated carbocycles. The minimum Gasteiger partial charge on any atom is -0.504 e. The van der Waals surface area contributed by atoms with Gasteiger partial charge in [-0.3, -0.25) is 19.5 Å². The molecule has 1 aliphatic rings. The number of piperazine rings is 1. The van der Waals surface area contributed by atoms with E-state index in [9.17, 15) is 32.7 Å². The number of carbonyl (C=O) groups is 2. The third-order valence-electron chi connectivity index (χ3n) is 8.67. The van der Waals surface area contributed by atoms with Crippen molar-refractivity contribution < 1.29 is 27.9 Å². The molecule has 0 bridgehead atoms. The van der Waals surface area contributed by atoms with Gasteiger partial charge in [0.2, 0.25) is 11.7 Å². The smallest absolute Gasteiger partial charge is 0.416 e. The fraction of sp³-hybridized carbons (Fsp3) is 0.281. The number of H-pyrrole nitrogens is 1. The predicted molar refractivity (Wildman–Crippen MR) is 181 cm³/mol. The summed E-state index contributed by atoms with van der Waals surface area (Å²) in [6, 6.07) is 4.33. The third-order valence-corrected chi connectivity index (χ3v) is 8.99. The van der Waals surface area contributed by atoms with Crippen molar-refractivity contribution in [2.75, 3.05) is 36.4 Å². The topological polar surface area (TPSA) is 192 Å². The summed E-state index contributed by atoms with van der Waals surface area (Å²) in [4.78, 5) is 61.2. The van der Waals surface area contributed by atoms with Gasteiger partial charge in [0.1, 0.15) is 18.6 Å². The third kappa shape index (κ3) is 6.22. The zero-order chi connectivity index (χ0) is 36.9. The number of alkyl halides is 3. The van der Waals surface area contributed by atoms with Gasteiger partial charge in [0.15, 0.2) is 22.9 Å². The second-order valence-electron chi connectivity index (χ2n) is 11.9. The number of aromatic amines is 1. The molecule has 0 atom stereocenters. The van der Waals surface area contributed by atoms with Crippen LogP contribution in [0, 0.1) is 6.92 Å². The summed E-state index contributed by atoms with van der Waals surface area (Å²) in [7, 11) is 0. The van der Waals surface area contributed by atoms with Crippen LogP contribution in [0.1, 0.15) is 34.4 Å². The molecule has 2 amide bonds. The second-order valence-corrected chi connectivity index (χ2v) is 12.3. The van der Waals surface area contributed by atoms with Gasteiger partial charge in [-0.2, -0.15) is 27.8 Å². The quantitative estimate of drug-likeness (QED) is 0.217. The fourth-order valence-corrected chi connectivity index (χ4v) is 6.27. The van der Waals surface area contributed by atoms with Gasteiger partial charge < -0.3 is 24.8 Å². The van der Waals surface area contributed by atoms with E-state index in [-0.39, 0.29) is 77.7 Å². The van der Waals surface area contributed by atoms with Crippen molar-refractivity contribution in [1.29, 1.82) is 0 Å². The number of aromatic hydroxyl groups is 1. The molecule has 52 heavy (non-hydrogen) atoms. The number of nitrogens with one attached hydrogen (secondary N) is 2. The van der Waals surface area contributed by atoms with Gasteiger partial charge in [-0.1, -0.05) is 18.5 Å². The number of anilines is 2. The number of carbonyl (C=O) groups excluding carboxylic acids is 2. The van der Waals surface area contributed by atoms with Crippen molar-refractivity contribution in [2.24, 2.45) is 0 Å². The number of fused-ring (bicyclic) bond motifs is 2. The van der Waals surface area contributed by atoms with Gasteiger partial charge in [-0.15, -0.1) is 5.10 Å². The van der Waals surface area contributed by atoms with Crippen molar-refractivity contribution in [3.05, 3.63) is 81.0 Å². The van der Waals surface area contributed by atoms with Gasteiger partial charge >= 0.3 is 6.18 Å². The van der Waals surface area contributed by atoms with E-state index in [0.29, 0.717) is 22.3 Å². The number of halogens is 4. The molecule has 1 saturated heterocycles. The second kappa shape index (κ2) is 13.2. The number of nitrogens with zero attached hydrogens (tertiary/aromatic N) is 10. The van der Waals surface area contributed by atoms with Crippen LogP contribution in [0.3, 0.4) is 0 Å². The molecule has 1 fully saturated rings. The van der Waals surface area contributed by atoms with Crippen molar-refractivity contribution in [3.8, 4) is 17.1 Å². The highest BCUT2D eigenvalue weighted by Gasteiger charge is 2.32. The molecule has 0 unspecified atom stereocenters. The van der Waals surface area contributed by atoms with Crippen LogP contribution in [0.25, 0.3) is 28.2 Å². The molecule has 16 nitrogen and oxygen atoms in total. The first-order valence-corrected chi connectivity index (χ1v) is 16.2. The Hall–Kier alpha value is -6.11. The first kappa shape index (κ1) is 34.3. The number of rotatable bonds is 7. The Balaban J connectivity index is 1.26. The van der Waals surface area contributed by atoms with E-state index in [2.05, 4.69) is 40.5 Å². The standard InChI is InChI=1S/C32H28ClF3N12O4/c1-3-22-25(45-6-8-46(9-7-45)29(51)24-26(50)16(2)38-15-39-24)30(52)48-31(42-28(44-48)17-10-18-13-40-43-27(18)37-12-17)47(22)14-23(49)41-21-5-4-19(11-20(21)33)32(34,35)36/h4-5,10-13,15,50H,3,6-9,14H2,1-2H3,(H,41,49)(H,37,40,43). The monoisotopic (exact) mass is 736 g/mol. The maximum absolute atomic E-state index is 14.3. The molecule has 7 rings (SSSR count). The molecule has 0 radical (unpaired) electrons. The summed E-state index contributed by atoms with van der Waals surface area (Å²) in [6.45, 7) is 3.70. The van der Waals surface area contributed by atoms with Crippen molar-refractivity contribution in [1.82, 2.24) is 49.2 Å². The average Bonchev–Trinajstić information content (AvgIpc) is 3.79. The molecule has 268 valence electrons. The molecule has 0 aliphatic carbocycles. The van der Waals surface area contributed by atoms with Crippen LogP contribution in [-0.4, -0.2) is 92.3 Å². The van der Waals surface area contributed by atoms with Crippen LogP contribution in [0.15, 0.2) is 47.8 Å². The lowest BCUT2D eigenvalue weighted by molar-refractivity contribution is -0.137. The maximum atomic E-state index is 14.3. The van der Waals surface area contributed by atoms with Crippen molar-refractivity contribution >= 4 is 51.6 Å². The Labute approximate surface area is 295 Å². The number of amides is 2. The van der Waals surface area contributed by atoms with Crippen LogP contribution < -0.4 is 15.8 Å². The number of benzene rings is 1. The van der Waals surface area contributed by atoms with Crippen molar-refractivity contribution in [3.63, 3.8) is 0 Å². The predicted octanol–water partition coefficient (Wildman–Crippen LogP) is 3.47. The highest BCUT2D eigenvalue weighted by atomic mass is 35.5. The number of hydrogen-bond acceptors (Lipinski definition) is 11. The number of aromatic nitrogens is 9. The molecule has 6 heterocycles. The summed E-state index contributed by atoms with van der Waals surface area (Å²) in [5.41, 5.74) is 0.257. The largest absolute Gasteiger partial charge is 0.504 e. The summed E-state index contributed by atoms with van der Waals surface area (Å²) < 4.78 is 42.3. The molecule has 1 aromatic carbocycles. The summed E-state index contributed by atoms with van der Waals surface area (Å²) >= 11 is 6.12. The van der Waals surface area contributed by atoms with E-state index in [1.54, 1.807) is 31.0 Å². The summed E-state index contributed by atoms with van der Waals surface area (Å²) in [6.07, 6.45) is -0.0894. The highest BCUT2D eigenvalue weighted by molar-refractivity contribution is 6.33. The lowest BCUT2D eigenvalue weighted by atomic mass is 10.2. The van der Waals surface area contributed by atoms with Crippen molar-refractivity contribution in [2.45, 2.75) is 33.0 Å². The molecule has 5 aromatic heterocycles. The Morgan fingerprint density at radius 1 is 1.08 bits per heavy atom. The molecule has 20 heteroatoms. The van der Waals surface area contributed by atoms with E-state index in [4.69, 9.17) is 11.6 Å². The molecular weight excluding hydrogens is 709 g/mol. The zero-order valence-electron chi connectivity index (χ0n) is 27.4. The van der Waals surface area contributed by atoms with E-state index in [0.717, 1.165) is 22.7 Å². The van der Waals surface area contributed by atoms with Crippen LogP contribution in [-0.2, 0) is 23.9 Å². The Kier molecular flexibility index (Phi) is 8.73. The van der Waals surface area contributed by atoms with Gasteiger partial charge in [-0.05, 0) is 37.6 Å². The molecule has 1 aliphatic heterocycles. The lowest BCUT2D eigenvalue weighted by Gasteiger charge is -2.36. The zero-order valence-corrected chi connectivity index (χ0v) is 28.2. The number of aryl methyl sites for hydroxylation is 1. The Morgan fingerprint density at radius 2 is 1.85 bits per heavy atom. The minimum absolute atomic E-state index is 0.0324. The SMILES string of the molecule is CCc1c(N2CCN(C(=O)c3ncnc(C)c3O)CC2)c(=O)n2nc(-c3cnc4[nH]ncc4c3)nc2n1CC(=O)Nc1ccc(C(F)(F)F)cc1Cl. The van der Waals surface area contributed by atoms with Gasteiger partial charge in [0.25, 0.3) is 11.5 Å².